The number of thioether (sulfide) groups is 1. The number of benzene rings is 1. The van der Waals surface area contributed by atoms with E-state index in [1.165, 1.54) is 23.9 Å². The van der Waals surface area contributed by atoms with E-state index in [0.717, 1.165) is 0 Å². The highest BCUT2D eigenvalue weighted by molar-refractivity contribution is 7.98. The summed E-state index contributed by atoms with van der Waals surface area (Å²) in [6, 6.07) is 4.86. The van der Waals surface area contributed by atoms with Gasteiger partial charge in [0.15, 0.2) is 0 Å². The first-order chi connectivity index (χ1) is 12.5. The molecule has 1 aromatic heterocycles. The molecule has 1 heterocycles. The summed E-state index contributed by atoms with van der Waals surface area (Å²) < 4.78 is 18.0. The van der Waals surface area contributed by atoms with Gasteiger partial charge in [-0.1, -0.05) is 5.16 Å². The van der Waals surface area contributed by atoms with E-state index in [1.807, 2.05) is 6.26 Å². The van der Waals surface area contributed by atoms with Crippen LogP contribution in [-0.4, -0.2) is 45.2 Å². The van der Waals surface area contributed by atoms with Gasteiger partial charge < -0.3 is 14.9 Å². The van der Waals surface area contributed by atoms with Crippen molar-refractivity contribution < 1.29 is 23.6 Å². The van der Waals surface area contributed by atoms with Gasteiger partial charge in [0.25, 0.3) is 0 Å². The quantitative estimate of drug-likeness (QED) is 0.651. The first-order valence-electron chi connectivity index (χ1n) is 8.09. The topological polar surface area (TPSA) is 105 Å². The molecule has 0 bridgehead atoms. The second-order valence-electron chi connectivity index (χ2n) is 5.61. The SMILES string of the molecule is CSCCC(NC(=O)CCCc1nc(-c2ccc(F)cc2)no1)C(=O)O. The molecular weight excluding hydrogens is 361 g/mol. The molecular formula is C17H20FN3O4S. The second kappa shape index (κ2) is 9.91. The number of aryl methyl sites for hydroxylation is 1. The minimum atomic E-state index is -1.03. The van der Waals surface area contributed by atoms with Gasteiger partial charge in [0, 0.05) is 18.4 Å². The maximum absolute atomic E-state index is 12.9. The molecule has 2 N–H and O–H groups in total. The molecule has 7 nitrogen and oxygen atoms in total. The molecule has 0 aliphatic rings. The van der Waals surface area contributed by atoms with Crippen LogP contribution in [0.1, 0.15) is 25.2 Å². The lowest BCUT2D eigenvalue weighted by atomic mass is 10.2. The second-order valence-corrected chi connectivity index (χ2v) is 6.60. The van der Waals surface area contributed by atoms with Crippen LogP contribution in [0.4, 0.5) is 4.39 Å². The lowest BCUT2D eigenvalue weighted by molar-refractivity contribution is -0.141. The summed E-state index contributed by atoms with van der Waals surface area (Å²) in [5.74, 6) is -0.321. The number of rotatable bonds is 10. The van der Waals surface area contributed by atoms with E-state index in [9.17, 15) is 14.0 Å². The summed E-state index contributed by atoms with van der Waals surface area (Å²) in [7, 11) is 0. The number of halogens is 1. The van der Waals surface area contributed by atoms with Crippen LogP contribution in [0.25, 0.3) is 11.4 Å². The first-order valence-corrected chi connectivity index (χ1v) is 9.48. The molecule has 2 aromatic rings. The molecule has 0 spiro atoms. The molecule has 9 heteroatoms. The average molecular weight is 381 g/mol. The van der Waals surface area contributed by atoms with Gasteiger partial charge in [0.2, 0.25) is 17.6 Å². The molecule has 1 aromatic carbocycles. The minimum Gasteiger partial charge on any atom is -0.480 e. The summed E-state index contributed by atoms with van der Waals surface area (Å²) in [6.45, 7) is 0. The van der Waals surface area contributed by atoms with Crippen molar-refractivity contribution in [2.45, 2.75) is 31.7 Å². The number of aromatic nitrogens is 2. The maximum Gasteiger partial charge on any atom is 0.326 e. The number of hydrogen-bond acceptors (Lipinski definition) is 6. The monoisotopic (exact) mass is 381 g/mol. The predicted molar refractivity (Wildman–Crippen MR) is 95.2 cm³/mol. The Balaban J connectivity index is 1.79. The highest BCUT2D eigenvalue weighted by Gasteiger charge is 2.19. The Labute approximate surface area is 154 Å². The molecule has 0 saturated carbocycles. The molecule has 0 saturated heterocycles. The Bertz CT molecular complexity index is 736. The molecule has 0 aliphatic carbocycles. The fourth-order valence-corrected chi connectivity index (χ4v) is 2.70. The number of carboxylic acid groups (broad SMARTS) is 1. The Kier molecular flexibility index (Phi) is 7.58. The molecule has 1 amide bonds. The van der Waals surface area contributed by atoms with Crippen LogP contribution >= 0.6 is 11.8 Å². The summed E-state index contributed by atoms with van der Waals surface area (Å²) in [5, 5.41) is 15.4. The Morgan fingerprint density at radius 1 is 1.35 bits per heavy atom. The summed E-state index contributed by atoms with van der Waals surface area (Å²) in [4.78, 5) is 27.2. The van der Waals surface area contributed by atoms with Crippen LogP contribution in [0.2, 0.25) is 0 Å². The summed E-state index contributed by atoms with van der Waals surface area (Å²) >= 11 is 1.53. The van der Waals surface area contributed by atoms with Gasteiger partial charge in [0.05, 0.1) is 0 Å². The Morgan fingerprint density at radius 3 is 2.73 bits per heavy atom. The van der Waals surface area contributed by atoms with Crippen molar-refractivity contribution in [1.82, 2.24) is 15.5 Å². The number of aliphatic carboxylic acids is 1. The van der Waals surface area contributed by atoms with E-state index >= 15 is 0 Å². The van der Waals surface area contributed by atoms with Gasteiger partial charge >= 0.3 is 5.97 Å². The van der Waals surface area contributed by atoms with Gasteiger partial charge in [-0.15, -0.1) is 0 Å². The zero-order valence-electron chi connectivity index (χ0n) is 14.3. The molecule has 1 atom stereocenters. The van der Waals surface area contributed by atoms with Crippen LogP contribution < -0.4 is 5.32 Å². The fourth-order valence-electron chi connectivity index (χ4n) is 2.23. The van der Waals surface area contributed by atoms with Crippen molar-refractivity contribution in [1.29, 1.82) is 0 Å². The third-order valence-corrected chi connectivity index (χ3v) is 4.25. The predicted octanol–water partition coefficient (Wildman–Crippen LogP) is 2.52. The molecule has 140 valence electrons. The number of carboxylic acids is 1. The average Bonchev–Trinajstić information content (AvgIpc) is 3.08. The number of carbonyl (C=O) groups is 2. The smallest absolute Gasteiger partial charge is 0.326 e. The standard InChI is InChI=1S/C17H20FN3O4S/c1-26-10-9-13(17(23)24)19-14(22)3-2-4-15-20-16(21-25-15)11-5-7-12(18)8-6-11/h5-8,13H,2-4,9-10H2,1H3,(H,19,22)(H,23,24). The van der Waals surface area contributed by atoms with Crippen molar-refractivity contribution in [2.75, 3.05) is 12.0 Å². The highest BCUT2D eigenvalue weighted by Crippen LogP contribution is 2.16. The molecule has 1 unspecified atom stereocenters. The molecule has 2 rings (SSSR count). The molecule has 0 fully saturated rings. The van der Waals surface area contributed by atoms with Crippen molar-refractivity contribution in [3.63, 3.8) is 0 Å². The normalized spacial score (nSPS) is 11.9. The number of carbonyl (C=O) groups excluding carboxylic acids is 1. The van der Waals surface area contributed by atoms with Gasteiger partial charge in [-0.25, -0.2) is 9.18 Å². The third-order valence-electron chi connectivity index (χ3n) is 3.61. The fraction of sp³-hybridized carbons (Fsp3) is 0.412. The van der Waals surface area contributed by atoms with E-state index < -0.39 is 12.0 Å². The van der Waals surface area contributed by atoms with Crippen LogP contribution in [0, 0.1) is 5.82 Å². The Morgan fingerprint density at radius 2 is 2.08 bits per heavy atom. The number of nitrogens with one attached hydrogen (secondary N) is 1. The lowest BCUT2D eigenvalue weighted by Gasteiger charge is -2.13. The van der Waals surface area contributed by atoms with Crippen molar-refractivity contribution in [3.8, 4) is 11.4 Å². The first kappa shape index (κ1) is 19.9. The largest absolute Gasteiger partial charge is 0.480 e. The van der Waals surface area contributed by atoms with E-state index in [0.29, 0.717) is 42.3 Å². The maximum atomic E-state index is 12.9. The molecule has 0 aliphatic heterocycles. The number of amides is 1. The van der Waals surface area contributed by atoms with Crippen molar-refractivity contribution in [2.24, 2.45) is 0 Å². The molecule has 0 radical (unpaired) electrons. The summed E-state index contributed by atoms with van der Waals surface area (Å²) in [5.41, 5.74) is 0.636. The van der Waals surface area contributed by atoms with E-state index in [1.54, 1.807) is 12.1 Å². The van der Waals surface area contributed by atoms with Gasteiger partial charge in [0.1, 0.15) is 11.9 Å². The lowest BCUT2D eigenvalue weighted by Crippen LogP contribution is -2.41. The van der Waals surface area contributed by atoms with Gasteiger partial charge in [-0.3, -0.25) is 4.79 Å². The number of nitrogens with zero attached hydrogens (tertiary/aromatic N) is 2. The van der Waals surface area contributed by atoms with Crippen LogP contribution in [0.5, 0.6) is 0 Å². The third kappa shape index (κ3) is 6.14. The zero-order valence-corrected chi connectivity index (χ0v) is 15.1. The van der Waals surface area contributed by atoms with E-state index in [4.69, 9.17) is 9.63 Å². The van der Waals surface area contributed by atoms with Crippen LogP contribution in [0.15, 0.2) is 28.8 Å². The van der Waals surface area contributed by atoms with Crippen molar-refractivity contribution in [3.05, 3.63) is 36.0 Å². The highest BCUT2D eigenvalue weighted by atomic mass is 32.2. The van der Waals surface area contributed by atoms with E-state index in [-0.39, 0.29) is 18.1 Å². The molecule has 26 heavy (non-hydrogen) atoms. The van der Waals surface area contributed by atoms with Crippen molar-refractivity contribution >= 4 is 23.6 Å². The van der Waals surface area contributed by atoms with Gasteiger partial charge in [-0.05, 0) is 49.1 Å². The van der Waals surface area contributed by atoms with Crippen LogP contribution in [0.3, 0.4) is 0 Å². The Hall–Kier alpha value is -2.42. The number of hydrogen-bond donors (Lipinski definition) is 2. The van der Waals surface area contributed by atoms with Gasteiger partial charge in [-0.2, -0.15) is 16.7 Å². The minimum absolute atomic E-state index is 0.164. The zero-order chi connectivity index (χ0) is 18.9. The van der Waals surface area contributed by atoms with E-state index in [2.05, 4.69) is 15.5 Å². The summed E-state index contributed by atoms with van der Waals surface area (Å²) in [6.07, 6.45) is 3.27. The van der Waals surface area contributed by atoms with Crippen LogP contribution in [-0.2, 0) is 16.0 Å².